The molecule has 2 amide bonds. The number of cyclic esters (lactones) is 1. The minimum Gasteiger partial charge on any atom is -0.432 e. The molecule has 1 heterocycles. The first kappa shape index (κ1) is 34.9. The number of benzene rings is 3. The van der Waals surface area contributed by atoms with E-state index in [1.807, 2.05) is 69.3 Å². The van der Waals surface area contributed by atoms with Gasteiger partial charge in [0.25, 0.3) is 0 Å². The standard InChI is InChI=1S/C38H48N2O6/c1-25-15-13-20-28(23-25)29-21-12-11-16-26(29)19-14-22-30(32-36(43)46-38(5,6)45-32)34(41)40-33(37(2,3)4)35(42)39-31(24-44-7)27-17-9-8-10-18-27/h8-13,15-18,20-21,23,30-33H,14,19,22,24H2,1-7H3,(H,39,42)(H,40,41). The van der Waals surface area contributed by atoms with E-state index in [0.29, 0.717) is 19.3 Å². The molecule has 4 rings (SSSR count). The minimum atomic E-state index is -1.15. The Bertz CT molecular complexity index is 1500. The number of methoxy groups -OCH3 is 1. The van der Waals surface area contributed by atoms with E-state index >= 15 is 0 Å². The van der Waals surface area contributed by atoms with Crippen molar-refractivity contribution in [3.8, 4) is 11.1 Å². The van der Waals surface area contributed by atoms with Gasteiger partial charge in [-0.25, -0.2) is 4.79 Å². The van der Waals surface area contributed by atoms with E-state index in [0.717, 1.165) is 22.3 Å². The zero-order chi connectivity index (χ0) is 33.5. The van der Waals surface area contributed by atoms with Crippen LogP contribution in [0.3, 0.4) is 0 Å². The lowest BCUT2D eigenvalue weighted by Gasteiger charge is -2.33. The molecule has 1 aliphatic heterocycles. The van der Waals surface area contributed by atoms with E-state index in [1.165, 1.54) is 5.56 Å². The van der Waals surface area contributed by atoms with E-state index in [9.17, 15) is 14.4 Å². The monoisotopic (exact) mass is 628 g/mol. The Morgan fingerprint density at radius 1 is 0.935 bits per heavy atom. The summed E-state index contributed by atoms with van der Waals surface area (Å²) in [5.74, 6) is -3.35. The molecule has 3 aromatic rings. The summed E-state index contributed by atoms with van der Waals surface area (Å²) in [5.41, 5.74) is 4.86. The highest BCUT2D eigenvalue weighted by Crippen LogP contribution is 2.33. The second-order valence-electron chi connectivity index (χ2n) is 13.6. The summed E-state index contributed by atoms with van der Waals surface area (Å²) >= 11 is 0. The smallest absolute Gasteiger partial charge is 0.338 e. The Labute approximate surface area is 273 Å². The Balaban J connectivity index is 1.54. The zero-order valence-corrected chi connectivity index (χ0v) is 28.1. The van der Waals surface area contributed by atoms with Gasteiger partial charge in [0.05, 0.1) is 18.6 Å². The van der Waals surface area contributed by atoms with E-state index in [2.05, 4.69) is 47.9 Å². The molecule has 46 heavy (non-hydrogen) atoms. The minimum absolute atomic E-state index is 0.268. The van der Waals surface area contributed by atoms with Crippen molar-refractivity contribution in [3.05, 3.63) is 95.6 Å². The Kier molecular flexibility index (Phi) is 11.4. The van der Waals surface area contributed by atoms with Crippen molar-refractivity contribution in [2.45, 2.75) is 84.8 Å². The average Bonchev–Trinajstić information content (AvgIpc) is 3.28. The molecule has 4 unspecified atom stereocenters. The number of hydrogen-bond acceptors (Lipinski definition) is 6. The number of hydrogen-bond donors (Lipinski definition) is 2. The number of aryl methyl sites for hydroxylation is 2. The van der Waals surface area contributed by atoms with Gasteiger partial charge in [0.2, 0.25) is 17.6 Å². The van der Waals surface area contributed by atoms with Gasteiger partial charge in [-0.3, -0.25) is 9.59 Å². The summed E-state index contributed by atoms with van der Waals surface area (Å²) in [5, 5.41) is 6.06. The SMILES string of the molecule is COCC(NC(=O)C(NC(=O)C(CCCc1ccccc1-c1cccc(C)c1)C1OC(C)(C)OC1=O)C(C)(C)C)c1ccccc1. The van der Waals surface area contributed by atoms with Crippen molar-refractivity contribution in [2.24, 2.45) is 11.3 Å². The maximum Gasteiger partial charge on any atom is 0.338 e. The number of ether oxygens (including phenoxy) is 3. The van der Waals surface area contributed by atoms with Crippen LogP contribution in [-0.4, -0.2) is 49.4 Å². The molecule has 246 valence electrons. The van der Waals surface area contributed by atoms with Gasteiger partial charge in [-0.15, -0.1) is 0 Å². The van der Waals surface area contributed by atoms with Crippen LogP contribution in [0.2, 0.25) is 0 Å². The fraction of sp³-hybridized carbons (Fsp3) is 0.447. The van der Waals surface area contributed by atoms with Crippen molar-refractivity contribution in [2.75, 3.05) is 13.7 Å². The lowest BCUT2D eigenvalue weighted by Crippen LogP contribution is -2.56. The number of esters is 1. The first-order valence-electron chi connectivity index (χ1n) is 16.0. The van der Waals surface area contributed by atoms with Crippen molar-refractivity contribution < 1.29 is 28.6 Å². The first-order chi connectivity index (χ1) is 21.8. The fourth-order valence-corrected chi connectivity index (χ4v) is 5.94. The molecule has 1 fully saturated rings. The molecule has 0 aromatic heterocycles. The molecule has 2 N–H and O–H groups in total. The van der Waals surface area contributed by atoms with Crippen LogP contribution < -0.4 is 10.6 Å². The summed E-state index contributed by atoms with van der Waals surface area (Å²) in [6.07, 6.45) is 0.581. The molecule has 1 saturated heterocycles. The van der Waals surface area contributed by atoms with E-state index in [-0.39, 0.29) is 12.5 Å². The highest BCUT2D eigenvalue weighted by Gasteiger charge is 2.48. The van der Waals surface area contributed by atoms with Crippen LogP contribution in [0.15, 0.2) is 78.9 Å². The number of amides is 2. The molecular weight excluding hydrogens is 580 g/mol. The number of carbonyl (C=O) groups is 3. The summed E-state index contributed by atoms with van der Waals surface area (Å²) in [6, 6.07) is 24.9. The van der Waals surface area contributed by atoms with Crippen LogP contribution in [-0.2, 0) is 35.0 Å². The van der Waals surface area contributed by atoms with Crippen LogP contribution in [0.5, 0.6) is 0 Å². The van der Waals surface area contributed by atoms with Gasteiger partial charge in [-0.05, 0) is 53.9 Å². The average molecular weight is 629 g/mol. The Hall–Kier alpha value is -4.01. The quantitative estimate of drug-likeness (QED) is 0.215. The molecule has 0 spiro atoms. The topological polar surface area (TPSA) is 103 Å². The van der Waals surface area contributed by atoms with Crippen molar-refractivity contribution in [3.63, 3.8) is 0 Å². The lowest BCUT2D eigenvalue weighted by atomic mass is 9.84. The van der Waals surface area contributed by atoms with Gasteiger partial charge in [0, 0.05) is 21.0 Å². The van der Waals surface area contributed by atoms with E-state index < -0.39 is 47.2 Å². The molecule has 0 aliphatic carbocycles. The van der Waals surface area contributed by atoms with E-state index in [1.54, 1.807) is 21.0 Å². The van der Waals surface area contributed by atoms with Gasteiger partial charge in [0.1, 0.15) is 6.04 Å². The van der Waals surface area contributed by atoms with Crippen molar-refractivity contribution >= 4 is 17.8 Å². The summed E-state index contributed by atoms with van der Waals surface area (Å²) in [7, 11) is 1.58. The van der Waals surface area contributed by atoms with Gasteiger partial charge in [0.15, 0.2) is 6.10 Å². The maximum atomic E-state index is 14.1. The molecule has 8 heteroatoms. The zero-order valence-electron chi connectivity index (χ0n) is 28.1. The van der Waals surface area contributed by atoms with Crippen LogP contribution in [0.25, 0.3) is 11.1 Å². The van der Waals surface area contributed by atoms with E-state index in [4.69, 9.17) is 14.2 Å². The van der Waals surface area contributed by atoms with Gasteiger partial charge < -0.3 is 24.8 Å². The molecule has 3 aromatic carbocycles. The molecule has 1 aliphatic rings. The maximum absolute atomic E-state index is 14.1. The lowest BCUT2D eigenvalue weighted by molar-refractivity contribution is -0.162. The summed E-state index contributed by atoms with van der Waals surface area (Å²) in [4.78, 5) is 40.9. The highest BCUT2D eigenvalue weighted by atomic mass is 16.8. The van der Waals surface area contributed by atoms with Crippen molar-refractivity contribution in [1.29, 1.82) is 0 Å². The third-order valence-electron chi connectivity index (χ3n) is 8.27. The van der Waals surface area contributed by atoms with Gasteiger partial charge in [-0.2, -0.15) is 0 Å². The summed E-state index contributed by atoms with van der Waals surface area (Å²) < 4.78 is 16.8. The second kappa shape index (κ2) is 15.1. The summed E-state index contributed by atoms with van der Waals surface area (Å²) in [6.45, 7) is 11.3. The normalized spacial score (nSPS) is 17.9. The highest BCUT2D eigenvalue weighted by molar-refractivity contribution is 5.92. The Morgan fingerprint density at radius 2 is 1.63 bits per heavy atom. The Morgan fingerprint density at radius 3 is 2.26 bits per heavy atom. The molecular formula is C38H48N2O6. The fourth-order valence-electron chi connectivity index (χ4n) is 5.94. The predicted octanol–water partition coefficient (Wildman–Crippen LogP) is 6.31. The molecule has 0 bridgehead atoms. The van der Waals surface area contributed by atoms with Crippen LogP contribution in [0, 0.1) is 18.3 Å². The number of nitrogens with one attached hydrogen (secondary N) is 2. The molecule has 4 atom stereocenters. The van der Waals surface area contributed by atoms with Crippen LogP contribution >= 0.6 is 0 Å². The first-order valence-corrected chi connectivity index (χ1v) is 16.0. The van der Waals surface area contributed by atoms with Crippen LogP contribution in [0.4, 0.5) is 0 Å². The third-order valence-corrected chi connectivity index (χ3v) is 8.27. The molecule has 0 radical (unpaired) electrons. The van der Waals surface area contributed by atoms with Gasteiger partial charge >= 0.3 is 5.97 Å². The largest absolute Gasteiger partial charge is 0.432 e. The number of carbonyl (C=O) groups excluding carboxylic acids is 3. The van der Waals surface area contributed by atoms with Gasteiger partial charge in [-0.1, -0.05) is 105 Å². The number of rotatable bonds is 13. The van der Waals surface area contributed by atoms with Crippen molar-refractivity contribution in [1.82, 2.24) is 10.6 Å². The molecule has 0 saturated carbocycles. The second-order valence-corrected chi connectivity index (χ2v) is 13.6. The predicted molar refractivity (Wildman–Crippen MR) is 179 cm³/mol. The molecule has 8 nitrogen and oxygen atoms in total. The van der Waals surface area contributed by atoms with Crippen LogP contribution in [0.1, 0.15) is 70.2 Å². The third kappa shape index (κ3) is 9.04.